The number of hydrogen-bond acceptors (Lipinski definition) is 3. The third-order valence-corrected chi connectivity index (χ3v) is 4.93. The Kier molecular flexibility index (Phi) is 8.22. The highest BCUT2D eigenvalue weighted by atomic mass is 35.5. The van der Waals surface area contributed by atoms with E-state index in [4.69, 9.17) is 28.6 Å². The van der Waals surface area contributed by atoms with Gasteiger partial charge in [0.2, 0.25) is 0 Å². The summed E-state index contributed by atoms with van der Waals surface area (Å²) in [4.78, 5) is 0. The summed E-state index contributed by atoms with van der Waals surface area (Å²) in [5, 5.41) is 7.49. The molecule has 2 rings (SSSR count). The largest absolute Gasteiger partial charge is 0.495 e. The zero-order chi connectivity index (χ0) is 17.2. The van der Waals surface area contributed by atoms with Crippen molar-refractivity contribution in [3.05, 3.63) is 59.1 Å². The van der Waals surface area contributed by atoms with Crippen LogP contribution < -0.4 is 15.4 Å². The van der Waals surface area contributed by atoms with Crippen molar-refractivity contribution in [2.24, 2.45) is 0 Å². The van der Waals surface area contributed by atoms with Crippen molar-refractivity contribution in [2.75, 3.05) is 24.7 Å². The number of thiocarbonyl (C=S) groups is 1. The van der Waals surface area contributed by atoms with Gasteiger partial charge >= 0.3 is 0 Å². The molecule has 24 heavy (non-hydrogen) atoms. The van der Waals surface area contributed by atoms with Gasteiger partial charge in [0.1, 0.15) is 5.75 Å². The summed E-state index contributed by atoms with van der Waals surface area (Å²) in [5.74, 6) is 2.80. The van der Waals surface area contributed by atoms with Gasteiger partial charge < -0.3 is 15.4 Å². The Labute approximate surface area is 158 Å². The van der Waals surface area contributed by atoms with Crippen LogP contribution >= 0.6 is 35.6 Å². The molecule has 2 aromatic rings. The third-order valence-electron chi connectivity index (χ3n) is 3.27. The van der Waals surface area contributed by atoms with Gasteiger partial charge in [0.05, 0.1) is 12.1 Å². The van der Waals surface area contributed by atoms with E-state index in [0.29, 0.717) is 15.9 Å². The lowest BCUT2D eigenvalue weighted by Crippen LogP contribution is -2.29. The van der Waals surface area contributed by atoms with Gasteiger partial charge in [-0.2, -0.15) is 11.8 Å². The number of halogens is 1. The van der Waals surface area contributed by atoms with Crippen LogP contribution in [0.3, 0.4) is 0 Å². The molecule has 0 saturated heterocycles. The number of benzene rings is 2. The second kappa shape index (κ2) is 10.4. The molecule has 6 heteroatoms. The van der Waals surface area contributed by atoms with Crippen molar-refractivity contribution in [1.29, 1.82) is 0 Å². The first-order chi connectivity index (χ1) is 11.7. The Bertz CT molecular complexity index is 653. The lowest BCUT2D eigenvalue weighted by molar-refractivity contribution is 0.415. The van der Waals surface area contributed by atoms with Crippen LogP contribution in [0.2, 0.25) is 5.02 Å². The van der Waals surface area contributed by atoms with E-state index in [1.54, 1.807) is 13.2 Å². The van der Waals surface area contributed by atoms with Crippen LogP contribution in [0, 0.1) is 0 Å². The van der Waals surface area contributed by atoms with Crippen molar-refractivity contribution in [2.45, 2.75) is 12.2 Å². The predicted octanol–water partition coefficient (Wildman–Crippen LogP) is 4.96. The highest BCUT2D eigenvalue weighted by Gasteiger charge is 2.03. The highest BCUT2D eigenvalue weighted by Crippen LogP contribution is 2.27. The molecular weight excluding hydrogens is 360 g/mol. The molecule has 128 valence electrons. The van der Waals surface area contributed by atoms with Gasteiger partial charge in [-0.1, -0.05) is 41.9 Å². The summed E-state index contributed by atoms with van der Waals surface area (Å²) < 4.78 is 5.13. The molecule has 0 unspecified atom stereocenters. The molecule has 0 aliphatic rings. The Morgan fingerprint density at radius 1 is 1.21 bits per heavy atom. The van der Waals surface area contributed by atoms with E-state index in [1.165, 1.54) is 5.56 Å². The van der Waals surface area contributed by atoms with E-state index in [-0.39, 0.29) is 0 Å². The minimum Gasteiger partial charge on any atom is -0.495 e. The molecule has 0 spiro atoms. The smallest absolute Gasteiger partial charge is 0.170 e. The zero-order valence-corrected chi connectivity index (χ0v) is 15.9. The molecule has 2 N–H and O–H groups in total. The number of methoxy groups -OCH3 is 1. The molecule has 0 fully saturated rings. The van der Waals surface area contributed by atoms with Crippen molar-refractivity contribution >= 4 is 46.4 Å². The van der Waals surface area contributed by atoms with Crippen molar-refractivity contribution in [3.8, 4) is 5.75 Å². The lowest BCUT2D eigenvalue weighted by Gasteiger charge is -2.11. The maximum absolute atomic E-state index is 6.09. The Balaban J connectivity index is 1.60. The summed E-state index contributed by atoms with van der Waals surface area (Å²) in [6, 6.07) is 16.0. The summed E-state index contributed by atoms with van der Waals surface area (Å²) in [6.07, 6.45) is 1.06. The highest BCUT2D eigenvalue weighted by molar-refractivity contribution is 7.98. The van der Waals surface area contributed by atoms with E-state index in [2.05, 4.69) is 34.9 Å². The molecule has 0 atom stereocenters. The van der Waals surface area contributed by atoms with E-state index >= 15 is 0 Å². The molecule has 0 radical (unpaired) electrons. The standard InChI is InChI=1S/C18H21ClN2OS2/c1-22-17-9-8-15(12-16(17)19)21-18(23)20-10-5-11-24-13-14-6-3-2-4-7-14/h2-4,6-9,12H,5,10-11,13H2,1H3,(H2,20,21,23). The van der Waals surface area contributed by atoms with Crippen LogP contribution in [0.15, 0.2) is 48.5 Å². The molecular formula is C18H21ClN2OS2. The van der Waals surface area contributed by atoms with Crippen molar-refractivity contribution in [1.82, 2.24) is 5.32 Å². The average Bonchev–Trinajstić information content (AvgIpc) is 2.59. The van der Waals surface area contributed by atoms with Crippen molar-refractivity contribution < 1.29 is 4.74 Å². The van der Waals surface area contributed by atoms with Crippen LogP contribution in [0.1, 0.15) is 12.0 Å². The van der Waals surface area contributed by atoms with E-state index < -0.39 is 0 Å². The second-order valence-corrected chi connectivity index (χ2v) is 7.04. The topological polar surface area (TPSA) is 33.3 Å². The molecule has 0 aliphatic carbocycles. The SMILES string of the molecule is COc1ccc(NC(=S)NCCCSCc2ccccc2)cc1Cl. The molecule has 3 nitrogen and oxygen atoms in total. The first-order valence-corrected chi connectivity index (χ1v) is 9.63. The maximum Gasteiger partial charge on any atom is 0.170 e. The molecule has 0 bridgehead atoms. The van der Waals surface area contributed by atoms with Gasteiger partial charge in [0.15, 0.2) is 5.11 Å². The van der Waals surface area contributed by atoms with Gasteiger partial charge in [-0.25, -0.2) is 0 Å². The summed E-state index contributed by atoms with van der Waals surface area (Å²) in [7, 11) is 1.59. The molecule has 0 aromatic heterocycles. The minimum absolute atomic E-state index is 0.558. The number of hydrogen-bond donors (Lipinski definition) is 2. The number of nitrogens with one attached hydrogen (secondary N) is 2. The summed E-state index contributed by atoms with van der Waals surface area (Å²) in [6.45, 7) is 0.845. The lowest BCUT2D eigenvalue weighted by atomic mass is 10.2. The molecule has 0 amide bonds. The van der Waals surface area contributed by atoms with Crippen LogP contribution in [0.4, 0.5) is 5.69 Å². The average molecular weight is 381 g/mol. The third kappa shape index (κ3) is 6.59. The van der Waals surface area contributed by atoms with Crippen LogP contribution in [0.5, 0.6) is 5.75 Å². The quantitative estimate of drug-likeness (QED) is 0.499. The zero-order valence-electron chi connectivity index (χ0n) is 13.5. The van der Waals surface area contributed by atoms with Crippen LogP contribution in [0.25, 0.3) is 0 Å². The normalized spacial score (nSPS) is 10.2. The van der Waals surface area contributed by atoms with Gasteiger partial charge in [0.25, 0.3) is 0 Å². The van der Waals surface area contributed by atoms with E-state index in [9.17, 15) is 0 Å². The second-order valence-electron chi connectivity index (χ2n) is 5.12. The number of ether oxygens (including phenoxy) is 1. The van der Waals surface area contributed by atoms with Gasteiger partial charge in [0, 0.05) is 18.0 Å². The number of rotatable bonds is 8. The molecule has 0 aliphatic heterocycles. The first-order valence-electron chi connectivity index (χ1n) is 7.69. The predicted molar refractivity (Wildman–Crippen MR) is 109 cm³/mol. The first kappa shape index (κ1) is 18.9. The Hall–Kier alpha value is -1.43. The Morgan fingerprint density at radius 3 is 2.71 bits per heavy atom. The monoisotopic (exact) mass is 380 g/mol. The molecule has 2 aromatic carbocycles. The van der Waals surface area contributed by atoms with Crippen LogP contribution in [-0.2, 0) is 5.75 Å². The Morgan fingerprint density at radius 2 is 2.00 bits per heavy atom. The van der Waals surface area contributed by atoms with Gasteiger partial charge in [-0.05, 0) is 48.2 Å². The van der Waals surface area contributed by atoms with Crippen LogP contribution in [-0.4, -0.2) is 24.5 Å². The van der Waals surface area contributed by atoms with E-state index in [0.717, 1.165) is 30.2 Å². The fourth-order valence-electron chi connectivity index (χ4n) is 2.06. The van der Waals surface area contributed by atoms with Gasteiger partial charge in [-0.15, -0.1) is 0 Å². The molecule has 0 saturated carbocycles. The maximum atomic E-state index is 6.09. The number of thioether (sulfide) groups is 1. The summed E-state index contributed by atoms with van der Waals surface area (Å²) >= 11 is 13.3. The fraction of sp³-hybridized carbons (Fsp3) is 0.278. The van der Waals surface area contributed by atoms with Crippen molar-refractivity contribution in [3.63, 3.8) is 0 Å². The number of anilines is 1. The minimum atomic E-state index is 0.558. The molecule has 0 heterocycles. The van der Waals surface area contributed by atoms with Gasteiger partial charge in [-0.3, -0.25) is 0 Å². The summed E-state index contributed by atoms with van der Waals surface area (Å²) in [5.41, 5.74) is 2.21. The van der Waals surface area contributed by atoms with E-state index in [1.807, 2.05) is 30.0 Å². The fourth-order valence-corrected chi connectivity index (χ4v) is 3.46.